The lowest BCUT2D eigenvalue weighted by molar-refractivity contribution is 0.136. The van der Waals surface area contributed by atoms with Gasteiger partial charge in [-0.15, -0.1) is 0 Å². The summed E-state index contributed by atoms with van der Waals surface area (Å²) in [6, 6.07) is 5.02. The van der Waals surface area contributed by atoms with Crippen LogP contribution in [0, 0.1) is 11.7 Å². The molecule has 0 bridgehead atoms. The van der Waals surface area contributed by atoms with Gasteiger partial charge in [-0.3, -0.25) is 0 Å². The highest BCUT2D eigenvalue weighted by Gasteiger charge is 2.27. The van der Waals surface area contributed by atoms with Gasteiger partial charge in [0.15, 0.2) is 0 Å². The lowest BCUT2D eigenvalue weighted by atomic mass is 10.0. The SMILES string of the molecule is CC(O)C1CCN(c2ccc([C@H](C)N)cc2F)C1. The number of halogens is 1. The van der Waals surface area contributed by atoms with Gasteiger partial charge in [0.05, 0.1) is 11.8 Å². The Morgan fingerprint density at radius 3 is 2.67 bits per heavy atom. The molecule has 2 unspecified atom stereocenters. The minimum absolute atomic E-state index is 0.155. The van der Waals surface area contributed by atoms with Crippen LogP contribution < -0.4 is 10.6 Å². The second kappa shape index (κ2) is 5.24. The van der Waals surface area contributed by atoms with Crippen molar-refractivity contribution >= 4 is 5.69 Å². The van der Waals surface area contributed by atoms with Crippen LogP contribution in [0.4, 0.5) is 10.1 Å². The molecule has 1 aliphatic heterocycles. The number of nitrogens with two attached hydrogens (primary N) is 1. The Balaban J connectivity index is 2.15. The highest BCUT2D eigenvalue weighted by molar-refractivity contribution is 5.50. The minimum Gasteiger partial charge on any atom is -0.393 e. The molecule has 3 atom stereocenters. The summed E-state index contributed by atoms with van der Waals surface area (Å²) < 4.78 is 14.0. The normalized spacial score (nSPS) is 23.2. The van der Waals surface area contributed by atoms with Crippen LogP contribution in [-0.4, -0.2) is 24.3 Å². The summed E-state index contributed by atoms with van der Waals surface area (Å²) in [6.45, 7) is 5.15. The lowest BCUT2D eigenvalue weighted by Gasteiger charge is -2.21. The van der Waals surface area contributed by atoms with Gasteiger partial charge in [-0.25, -0.2) is 4.39 Å². The molecule has 0 amide bonds. The third-order valence-electron chi connectivity index (χ3n) is 3.75. The quantitative estimate of drug-likeness (QED) is 0.865. The molecule has 3 nitrogen and oxygen atoms in total. The monoisotopic (exact) mass is 252 g/mol. The van der Waals surface area contributed by atoms with Crippen LogP contribution >= 0.6 is 0 Å². The smallest absolute Gasteiger partial charge is 0.146 e. The van der Waals surface area contributed by atoms with Gasteiger partial charge < -0.3 is 15.7 Å². The molecule has 3 N–H and O–H groups in total. The van der Waals surface area contributed by atoms with Crippen molar-refractivity contribution in [1.29, 1.82) is 0 Å². The van der Waals surface area contributed by atoms with E-state index in [2.05, 4.69) is 0 Å². The van der Waals surface area contributed by atoms with Crippen LogP contribution in [0.1, 0.15) is 31.9 Å². The van der Waals surface area contributed by atoms with E-state index in [1.807, 2.05) is 17.9 Å². The molecular weight excluding hydrogens is 231 g/mol. The van der Waals surface area contributed by atoms with Crippen LogP contribution in [0.15, 0.2) is 18.2 Å². The zero-order valence-corrected chi connectivity index (χ0v) is 10.9. The number of aliphatic hydroxyl groups is 1. The summed E-state index contributed by atoms with van der Waals surface area (Å²) in [5, 5.41) is 9.57. The Labute approximate surface area is 107 Å². The fraction of sp³-hybridized carbons (Fsp3) is 0.571. The third-order valence-corrected chi connectivity index (χ3v) is 3.75. The van der Waals surface area contributed by atoms with Crippen molar-refractivity contribution < 1.29 is 9.50 Å². The molecule has 1 saturated heterocycles. The number of aliphatic hydroxyl groups excluding tert-OH is 1. The molecular formula is C14H21FN2O. The molecule has 2 rings (SSSR count). The number of anilines is 1. The van der Waals surface area contributed by atoms with E-state index in [4.69, 9.17) is 5.73 Å². The number of nitrogens with zero attached hydrogens (tertiary/aromatic N) is 1. The van der Waals surface area contributed by atoms with E-state index in [1.54, 1.807) is 13.0 Å². The number of hydrogen-bond donors (Lipinski definition) is 2. The van der Waals surface area contributed by atoms with Gasteiger partial charge in [-0.1, -0.05) is 6.07 Å². The van der Waals surface area contributed by atoms with E-state index < -0.39 is 0 Å². The first kappa shape index (κ1) is 13.3. The average molecular weight is 252 g/mol. The zero-order valence-electron chi connectivity index (χ0n) is 10.9. The van der Waals surface area contributed by atoms with Crippen molar-refractivity contribution in [3.05, 3.63) is 29.6 Å². The molecule has 18 heavy (non-hydrogen) atoms. The van der Waals surface area contributed by atoms with Crippen molar-refractivity contribution in [3.8, 4) is 0 Å². The summed E-state index contributed by atoms with van der Waals surface area (Å²) >= 11 is 0. The predicted octanol–water partition coefficient (Wildman–Crippen LogP) is 2.05. The maximum atomic E-state index is 14.0. The van der Waals surface area contributed by atoms with Crippen LogP contribution in [0.2, 0.25) is 0 Å². The van der Waals surface area contributed by atoms with Crippen molar-refractivity contribution in [2.75, 3.05) is 18.0 Å². The maximum Gasteiger partial charge on any atom is 0.146 e. The molecule has 4 heteroatoms. The van der Waals surface area contributed by atoms with E-state index in [1.165, 1.54) is 6.07 Å². The maximum absolute atomic E-state index is 14.0. The fourth-order valence-corrected chi connectivity index (χ4v) is 2.46. The Morgan fingerprint density at radius 2 is 2.17 bits per heavy atom. The Bertz CT molecular complexity index is 420. The summed E-state index contributed by atoms with van der Waals surface area (Å²) in [5.41, 5.74) is 7.16. The van der Waals surface area contributed by atoms with Crippen molar-refractivity contribution in [2.45, 2.75) is 32.4 Å². The van der Waals surface area contributed by atoms with Gasteiger partial charge in [0.25, 0.3) is 0 Å². The fourth-order valence-electron chi connectivity index (χ4n) is 2.46. The second-order valence-corrected chi connectivity index (χ2v) is 5.23. The Kier molecular flexibility index (Phi) is 3.88. The third kappa shape index (κ3) is 2.65. The van der Waals surface area contributed by atoms with E-state index in [0.717, 1.165) is 18.5 Å². The van der Waals surface area contributed by atoms with E-state index >= 15 is 0 Å². The van der Waals surface area contributed by atoms with Crippen LogP contribution in [0.5, 0.6) is 0 Å². The van der Waals surface area contributed by atoms with E-state index in [9.17, 15) is 9.50 Å². The Morgan fingerprint density at radius 1 is 1.44 bits per heavy atom. The summed E-state index contributed by atoms with van der Waals surface area (Å²) in [4.78, 5) is 2.00. The summed E-state index contributed by atoms with van der Waals surface area (Å²) in [6.07, 6.45) is 0.577. The van der Waals surface area contributed by atoms with Gasteiger partial charge in [0.1, 0.15) is 5.82 Å². The molecule has 1 aromatic carbocycles. The highest BCUT2D eigenvalue weighted by atomic mass is 19.1. The zero-order chi connectivity index (χ0) is 13.3. The van der Waals surface area contributed by atoms with Crippen molar-refractivity contribution in [2.24, 2.45) is 11.7 Å². The predicted molar refractivity (Wildman–Crippen MR) is 71.0 cm³/mol. The molecule has 0 radical (unpaired) electrons. The summed E-state index contributed by atoms with van der Waals surface area (Å²) in [5.74, 6) is 0.00792. The molecule has 0 aromatic heterocycles. The first-order chi connectivity index (χ1) is 8.49. The molecule has 0 aliphatic carbocycles. The van der Waals surface area contributed by atoms with Crippen LogP contribution in [0.25, 0.3) is 0 Å². The molecule has 1 aliphatic rings. The summed E-state index contributed by atoms with van der Waals surface area (Å²) in [7, 11) is 0. The molecule has 1 fully saturated rings. The highest BCUT2D eigenvalue weighted by Crippen LogP contribution is 2.29. The minimum atomic E-state index is -0.332. The number of rotatable bonds is 3. The molecule has 0 spiro atoms. The largest absolute Gasteiger partial charge is 0.393 e. The molecule has 0 saturated carbocycles. The van der Waals surface area contributed by atoms with Gasteiger partial charge in [0.2, 0.25) is 0 Å². The van der Waals surface area contributed by atoms with Crippen molar-refractivity contribution in [1.82, 2.24) is 0 Å². The average Bonchev–Trinajstić information content (AvgIpc) is 2.78. The second-order valence-electron chi connectivity index (χ2n) is 5.23. The van der Waals surface area contributed by atoms with E-state index in [0.29, 0.717) is 12.2 Å². The van der Waals surface area contributed by atoms with Crippen LogP contribution in [0.3, 0.4) is 0 Å². The van der Waals surface area contributed by atoms with Gasteiger partial charge in [0, 0.05) is 25.0 Å². The van der Waals surface area contributed by atoms with Gasteiger partial charge in [-0.2, -0.15) is 0 Å². The number of hydrogen-bond acceptors (Lipinski definition) is 3. The Hall–Kier alpha value is -1.13. The topological polar surface area (TPSA) is 49.5 Å². The molecule has 100 valence electrons. The first-order valence-corrected chi connectivity index (χ1v) is 6.47. The van der Waals surface area contributed by atoms with Crippen molar-refractivity contribution in [3.63, 3.8) is 0 Å². The molecule has 1 aromatic rings. The standard InChI is InChI=1S/C14H21FN2O/c1-9(16)11-3-4-14(13(15)7-11)17-6-5-12(8-17)10(2)18/h3-4,7,9-10,12,18H,5-6,8,16H2,1-2H3/t9-,10?,12?/m0/s1. The van der Waals surface area contributed by atoms with Gasteiger partial charge >= 0.3 is 0 Å². The first-order valence-electron chi connectivity index (χ1n) is 6.47. The lowest BCUT2D eigenvalue weighted by Crippen LogP contribution is -2.24. The van der Waals surface area contributed by atoms with Crippen LogP contribution in [-0.2, 0) is 0 Å². The number of benzene rings is 1. The van der Waals surface area contributed by atoms with Gasteiger partial charge in [-0.05, 0) is 38.0 Å². The van der Waals surface area contributed by atoms with E-state index in [-0.39, 0.29) is 23.9 Å². The molecule has 1 heterocycles.